The van der Waals surface area contributed by atoms with E-state index in [4.69, 9.17) is 9.26 Å². The van der Waals surface area contributed by atoms with Gasteiger partial charge in [0.15, 0.2) is 0 Å². The third kappa shape index (κ3) is 3.19. The Kier molecular flexibility index (Phi) is 4.55. The van der Waals surface area contributed by atoms with Crippen molar-refractivity contribution in [3.05, 3.63) is 64.6 Å². The van der Waals surface area contributed by atoms with E-state index in [0.717, 1.165) is 5.56 Å². The van der Waals surface area contributed by atoms with Crippen LogP contribution in [0.15, 0.2) is 40.9 Å². The summed E-state index contributed by atoms with van der Waals surface area (Å²) in [5.74, 6) is -0.394. The molecule has 2 aromatic rings. The molecule has 4 atom stereocenters. The van der Waals surface area contributed by atoms with Crippen molar-refractivity contribution in [1.29, 1.82) is 0 Å². The molecular formula is C24H27N3O4. The van der Waals surface area contributed by atoms with Crippen LogP contribution in [-0.4, -0.2) is 52.1 Å². The fourth-order valence-electron chi connectivity index (χ4n) is 5.18. The summed E-state index contributed by atoms with van der Waals surface area (Å²) in [7, 11) is 1.74. The second-order valence-electron chi connectivity index (χ2n) is 9.14. The number of hydrogen-bond donors (Lipinski definition) is 0. The number of benzene rings is 1. The second-order valence-corrected chi connectivity index (χ2v) is 9.14. The average molecular weight is 421 g/mol. The van der Waals surface area contributed by atoms with E-state index in [1.54, 1.807) is 11.9 Å². The SMILES string of the molecule is Cc1cc(CN(C)C(=O)C2C3C(=O)N(Cc4ccc(C)c(C)c4)C[C@@]34C=C[C@@H]2O4)no1. The number of aromatic nitrogens is 1. The van der Waals surface area contributed by atoms with Gasteiger partial charge in [0, 0.05) is 19.7 Å². The summed E-state index contributed by atoms with van der Waals surface area (Å²) < 4.78 is 11.4. The molecule has 0 aliphatic carbocycles. The van der Waals surface area contributed by atoms with Gasteiger partial charge in [-0.2, -0.15) is 0 Å². The van der Waals surface area contributed by atoms with Crippen molar-refractivity contribution < 1.29 is 18.8 Å². The molecule has 1 aromatic heterocycles. The minimum Gasteiger partial charge on any atom is -0.361 e. The molecule has 7 heteroatoms. The maximum absolute atomic E-state index is 13.4. The van der Waals surface area contributed by atoms with Crippen molar-refractivity contribution >= 4 is 11.8 Å². The number of aryl methyl sites for hydroxylation is 3. The molecule has 3 aliphatic rings. The number of amides is 2. The number of hydrogen-bond acceptors (Lipinski definition) is 5. The predicted octanol–water partition coefficient (Wildman–Crippen LogP) is 2.54. The van der Waals surface area contributed by atoms with Crippen LogP contribution in [-0.2, 0) is 27.4 Å². The highest BCUT2D eigenvalue weighted by Crippen LogP contribution is 2.52. The lowest BCUT2D eigenvalue weighted by atomic mass is 9.76. The molecule has 2 amide bonds. The van der Waals surface area contributed by atoms with E-state index in [-0.39, 0.29) is 17.9 Å². The molecule has 4 heterocycles. The summed E-state index contributed by atoms with van der Waals surface area (Å²) in [6.45, 7) is 7.31. The van der Waals surface area contributed by atoms with E-state index >= 15 is 0 Å². The Balaban J connectivity index is 1.35. The first-order chi connectivity index (χ1) is 14.8. The first kappa shape index (κ1) is 20.0. The zero-order valence-corrected chi connectivity index (χ0v) is 18.3. The smallest absolute Gasteiger partial charge is 0.230 e. The van der Waals surface area contributed by atoms with Crippen molar-refractivity contribution in [3.63, 3.8) is 0 Å². The van der Waals surface area contributed by atoms with Crippen LogP contribution in [0.4, 0.5) is 0 Å². The third-order valence-corrected chi connectivity index (χ3v) is 6.86. The summed E-state index contributed by atoms with van der Waals surface area (Å²) in [5.41, 5.74) is 3.52. The summed E-state index contributed by atoms with van der Waals surface area (Å²) >= 11 is 0. The summed E-state index contributed by atoms with van der Waals surface area (Å²) in [5, 5.41) is 3.98. The molecule has 2 bridgehead atoms. The topological polar surface area (TPSA) is 75.9 Å². The van der Waals surface area contributed by atoms with Crippen LogP contribution in [0, 0.1) is 32.6 Å². The van der Waals surface area contributed by atoms with Gasteiger partial charge in [-0.3, -0.25) is 9.59 Å². The summed E-state index contributed by atoms with van der Waals surface area (Å²) in [4.78, 5) is 30.3. The van der Waals surface area contributed by atoms with Crippen LogP contribution < -0.4 is 0 Å². The average Bonchev–Trinajstić information content (AvgIpc) is 3.46. The monoisotopic (exact) mass is 421 g/mol. The number of fused-ring (bicyclic) bond motifs is 1. The van der Waals surface area contributed by atoms with Crippen molar-refractivity contribution in [2.24, 2.45) is 11.8 Å². The number of carbonyl (C=O) groups is 2. The Bertz CT molecular complexity index is 1090. The molecule has 2 unspecified atom stereocenters. The highest BCUT2D eigenvalue weighted by atomic mass is 16.5. The second kappa shape index (κ2) is 7.05. The molecule has 2 saturated heterocycles. The van der Waals surface area contributed by atoms with Crippen molar-refractivity contribution in [1.82, 2.24) is 15.0 Å². The Morgan fingerprint density at radius 2 is 2.06 bits per heavy atom. The van der Waals surface area contributed by atoms with Crippen LogP contribution in [0.3, 0.4) is 0 Å². The van der Waals surface area contributed by atoms with Gasteiger partial charge < -0.3 is 19.1 Å². The quantitative estimate of drug-likeness (QED) is 0.694. The van der Waals surface area contributed by atoms with E-state index in [1.165, 1.54) is 11.1 Å². The molecule has 7 nitrogen and oxygen atoms in total. The molecule has 0 radical (unpaired) electrons. The van der Waals surface area contributed by atoms with Gasteiger partial charge in [0.2, 0.25) is 11.8 Å². The van der Waals surface area contributed by atoms with Gasteiger partial charge in [-0.15, -0.1) is 0 Å². The molecular weight excluding hydrogens is 394 g/mol. The lowest BCUT2D eigenvalue weighted by molar-refractivity contribution is -0.143. The van der Waals surface area contributed by atoms with E-state index in [1.807, 2.05) is 30.0 Å². The van der Waals surface area contributed by atoms with E-state index < -0.39 is 17.4 Å². The number of rotatable bonds is 5. The molecule has 3 aliphatic heterocycles. The van der Waals surface area contributed by atoms with Gasteiger partial charge in [0.25, 0.3) is 0 Å². The fraction of sp³-hybridized carbons (Fsp3) is 0.458. The number of nitrogens with zero attached hydrogens (tertiary/aromatic N) is 3. The minimum atomic E-state index is -0.701. The zero-order valence-electron chi connectivity index (χ0n) is 18.3. The first-order valence-corrected chi connectivity index (χ1v) is 10.7. The van der Waals surface area contributed by atoms with Crippen molar-refractivity contribution in [3.8, 4) is 0 Å². The highest BCUT2D eigenvalue weighted by Gasteiger charge is 2.67. The molecule has 1 aromatic carbocycles. The number of carbonyl (C=O) groups excluding carboxylic acids is 2. The van der Waals surface area contributed by atoms with E-state index in [0.29, 0.717) is 31.1 Å². The predicted molar refractivity (Wildman–Crippen MR) is 113 cm³/mol. The summed E-state index contributed by atoms with van der Waals surface area (Å²) in [6.07, 6.45) is 3.58. The largest absolute Gasteiger partial charge is 0.361 e. The van der Waals surface area contributed by atoms with E-state index in [2.05, 4.69) is 37.2 Å². The number of ether oxygens (including phenoxy) is 1. The summed E-state index contributed by atoms with van der Waals surface area (Å²) in [6, 6.07) is 8.08. The van der Waals surface area contributed by atoms with Crippen molar-refractivity contribution in [2.45, 2.75) is 45.6 Å². The Morgan fingerprint density at radius 1 is 1.26 bits per heavy atom. The van der Waals surface area contributed by atoms with Gasteiger partial charge in [-0.1, -0.05) is 35.5 Å². The normalized spacial score (nSPS) is 28.5. The molecule has 0 saturated carbocycles. The Labute approximate surface area is 181 Å². The molecule has 31 heavy (non-hydrogen) atoms. The Morgan fingerprint density at radius 3 is 2.77 bits per heavy atom. The molecule has 1 spiro atoms. The first-order valence-electron chi connectivity index (χ1n) is 10.7. The van der Waals surface area contributed by atoms with Crippen LogP contribution in [0.1, 0.15) is 28.1 Å². The maximum Gasteiger partial charge on any atom is 0.230 e. The lowest BCUT2D eigenvalue weighted by Crippen LogP contribution is -2.44. The van der Waals surface area contributed by atoms with Gasteiger partial charge in [0.1, 0.15) is 17.1 Å². The van der Waals surface area contributed by atoms with Crippen molar-refractivity contribution in [2.75, 3.05) is 13.6 Å². The lowest BCUT2D eigenvalue weighted by Gasteiger charge is -2.27. The standard InChI is InChI=1S/C24H27N3O4/c1-14-5-6-17(9-15(14)2)11-27-13-24-8-7-19(30-24)20(21(24)23(27)29)22(28)26(4)12-18-10-16(3)31-25-18/h5-10,19-21H,11-13H2,1-4H3/t19-,20?,21?,24-/m0/s1. The van der Waals surface area contributed by atoms with E-state index in [9.17, 15) is 9.59 Å². The zero-order chi connectivity index (χ0) is 21.9. The van der Waals surface area contributed by atoms with Crippen LogP contribution in [0.2, 0.25) is 0 Å². The van der Waals surface area contributed by atoms with Gasteiger partial charge in [-0.25, -0.2) is 0 Å². The minimum absolute atomic E-state index is 0.00545. The highest BCUT2D eigenvalue weighted by molar-refractivity contribution is 5.93. The third-order valence-electron chi connectivity index (χ3n) is 6.86. The van der Waals surface area contributed by atoms with Gasteiger partial charge >= 0.3 is 0 Å². The maximum atomic E-state index is 13.4. The van der Waals surface area contributed by atoms with Crippen LogP contribution >= 0.6 is 0 Å². The fourth-order valence-corrected chi connectivity index (χ4v) is 5.18. The molecule has 2 fully saturated rings. The molecule has 162 valence electrons. The number of likely N-dealkylation sites (tertiary alicyclic amines) is 1. The van der Waals surface area contributed by atoms with Crippen LogP contribution in [0.25, 0.3) is 0 Å². The van der Waals surface area contributed by atoms with Crippen LogP contribution in [0.5, 0.6) is 0 Å². The molecule has 0 N–H and O–H groups in total. The molecule has 5 rings (SSSR count). The van der Waals surface area contributed by atoms with Gasteiger partial charge in [0.05, 0.1) is 31.0 Å². The Hall–Kier alpha value is -2.93. The van der Waals surface area contributed by atoms with Gasteiger partial charge in [-0.05, 0) is 37.5 Å².